The molecule has 1 aromatic rings. The van der Waals surface area contributed by atoms with Gasteiger partial charge in [-0.15, -0.1) is 0 Å². The van der Waals surface area contributed by atoms with Crippen LogP contribution in [0.2, 0.25) is 0 Å². The third kappa shape index (κ3) is 3.14. The van der Waals surface area contributed by atoms with E-state index in [2.05, 4.69) is 18.7 Å². The van der Waals surface area contributed by atoms with E-state index in [0.717, 1.165) is 24.9 Å². The normalized spacial score (nSPS) is 15.8. The average molecular weight is 274 g/mol. The fourth-order valence-corrected chi connectivity index (χ4v) is 3.03. The number of aryl methyl sites for hydroxylation is 1. The van der Waals surface area contributed by atoms with Crippen LogP contribution in [0.1, 0.15) is 55.5 Å². The highest BCUT2D eigenvalue weighted by Crippen LogP contribution is 2.27. The summed E-state index contributed by atoms with van der Waals surface area (Å²) in [6, 6.07) is 6.12. The largest absolute Gasteiger partial charge is 0.398 e. The molecule has 0 atom stereocenters. The van der Waals surface area contributed by atoms with Gasteiger partial charge in [0.15, 0.2) is 0 Å². The molecule has 0 unspecified atom stereocenters. The summed E-state index contributed by atoms with van der Waals surface area (Å²) in [5.41, 5.74) is 8.38. The smallest absolute Gasteiger partial charge is 0.256 e. The van der Waals surface area contributed by atoms with Crippen LogP contribution in [-0.2, 0) is 0 Å². The molecule has 2 N–H and O–H groups in total. The summed E-state index contributed by atoms with van der Waals surface area (Å²) >= 11 is 0. The van der Waals surface area contributed by atoms with Crippen molar-refractivity contribution in [1.29, 1.82) is 0 Å². The molecule has 0 aliphatic heterocycles. The second-order valence-electron chi connectivity index (χ2n) is 6.33. The minimum Gasteiger partial charge on any atom is -0.398 e. The van der Waals surface area contributed by atoms with Crippen molar-refractivity contribution >= 4 is 11.6 Å². The molecule has 20 heavy (non-hydrogen) atoms. The maximum atomic E-state index is 12.9. The van der Waals surface area contributed by atoms with Gasteiger partial charge in [0.2, 0.25) is 0 Å². The molecule has 1 aliphatic carbocycles. The number of amides is 1. The summed E-state index contributed by atoms with van der Waals surface area (Å²) in [6.45, 7) is 7.09. The lowest BCUT2D eigenvalue weighted by atomic mass is 10.0. The van der Waals surface area contributed by atoms with Crippen molar-refractivity contribution in [2.24, 2.45) is 5.92 Å². The van der Waals surface area contributed by atoms with Crippen LogP contribution < -0.4 is 5.73 Å². The molecule has 1 aliphatic rings. The lowest BCUT2D eigenvalue weighted by Gasteiger charge is -2.31. The molecule has 1 aromatic carbocycles. The predicted molar refractivity (Wildman–Crippen MR) is 83.7 cm³/mol. The van der Waals surface area contributed by atoms with E-state index >= 15 is 0 Å². The summed E-state index contributed by atoms with van der Waals surface area (Å²) in [4.78, 5) is 14.9. The number of anilines is 1. The summed E-state index contributed by atoms with van der Waals surface area (Å²) in [7, 11) is 0. The Labute approximate surface area is 122 Å². The van der Waals surface area contributed by atoms with Gasteiger partial charge >= 0.3 is 0 Å². The Morgan fingerprint density at radius 3 is 2.60 bits per heavy atom. The lowest BCUT2D eigenvalue weighted by Crippen LogP contribution is -2.41. The first-order valence-electron chi connectivity index (χ1n) is 7.66. The molecule has 1 saturated carbocycles. The van der Waals surface area contributed by atoms with Gasteiger partial charge < -0.3 is 10.6 Å². The quantitative estimate of drug-likeness (QED) is 0.852. The zero-order valence-corrected chi connectivity index (χ0v) is 12.9. The summed E-state index contributed by atoms with van der Waals surface area (Å²) < 4.78 is 0. The second kappa shape index (κ2) is 6.29. The van der Waals surface area contributed by atoms with Gasteiger partial charge in [0.25, 0.3) is 5.91 Å². The predicted octanol–water partition coefficient (Wildman–Crippen LogP) is 3.62. The fourth-order valence-electron chi connectivity index (χ4n) is 3.03. The highest BCUT2D eigenvalue weighted by atomic mass is 16.2. The Morgan fingerprint density at radius 2 is 2.00 bits per heavy atom. The average Bonchev–Trinajstić information content (AvgIpc) is 2.92. The monoisotopic (exact) mass is 274 g/mol. The Bertz CT molecular complexity index is 476. The number of carbonyl (C=O) groups is 1. The zero-order valence-electron chi connectivity index (χ0n) is 12.9. The van der Waals surface area contributed by atoms with Crippen LogP contribution in [0, 0.1) is 12.8 Å². The minimum absolute atomic E-state index is 0.104. The fraction of sp³-hybridized carbons (Fsp3) is 0.588. The Hall–Kier alpha value is -1.51. The van der Waals surface area contributed by atoms with Gasteiger partial charge in [0, 0.05) is 18.3 Å². The van der Waals surface area contributed by atoms with Crippen molar-refractivity contribution in [3.05, 3.63) is 29.3 Å². The summed E-state index contributed by atoms with van der Waals surface area (Å²) in [5.74, 6) is 0.581. The first kappa shape index (κ1) is 14.9. The van der Waals surface area contributed by atoms with E-state index in [1.54, 1.807) is 0 Å². The van der Waals surface area contributed by atoms with Gasteiger partial charge in [-0.3, -0.25) is 4.79 Å². The maximum Gasteiger partial charge on any atom is 0.256 e. The maximum absolute atomic E-state index is 12.9. The zero-order chi connectivity index (χ0) is 14.7. The topological polar surface area (TPSA) is 46.3 Å². The molecular formula is C17H26N2O. The molecule has 0 spiro atoms. The van der Waals surface area contributed by atoms with E-state index in [9.17, 15) is 4.79 Å². The Morgan fingerprint density at radius 1 is 1.35 bits per heavy atom. The van der Waals surface area contributed by atoms with Crippen LogP contribution >= 0.6 is 0 Å². The van der Waals surface area contributed by atoms with Gasteiger partial charge in [0.1, 0.15) is 0 Å². The van der Waals surface area contributed by atoms with E-state index in [1.807, 2.05) is 25.1 Å². The summed E-state index contributed by atoms with van der Waals surface area (Å²) in [6.07, 6.45) is 4.72. The number of hydrogen-bond donors (Lipinski definition) is 1. The number of hydrogen-bond acceptors (Lipinski definition) is 2. The van der Waals surface area contributed by atoms with Crippen LogP contribution in [-0.4, -0.2) is 23.4 Å². The number of nitrogens with two attached hydrogens (primary N) is 1. The van der Waals surface area contributed by atoms with Crippen molar-refractivity contribution in [3.63, 3.8) is 0 Å². The molecule has 3 heteroatoms. The van der Waals surface area contributed by atoms with Crippen molar-refractivity contribution in [2.75, 3.05) is 12.3 Å². The number of para-hydroxylation sites is 1. The van der Waals surface area contributed by atoms with Crippen LogP contribution in [0.5, 0.6) is 0 Å². The molecule has 0 radical (unpaired) electrons. The van der Waals surface area contributed by atoms with E-state index in [0.29, 0.717) is 23.2 Å². The van der Waals surface area contributed by atoms with Crippen molar-refractivity contribution in [3.8, 4) is 0 Å². The van der Waals surface area contributed by atoms with Crippen molar-refractivity contribution in [2.45, 2.75) is 52.5 Å². The first-order valence-corrected chi connectivity index (χ1v) is 7.66. The molecule has 1 fully saturated rings. The second-order valence-corrected chi connectivity index (χ2v) is 6.33. The van der Waals surface area contributed by atoms with Crippen LogP contribution in [0.3, 0.4) is 0 Å². The molecule has 0 heterocycles. The molecule has 1 amide bonds. The molecule has 2 rings (SSSR count). The van der Waals surface area contributed by atoms with E-state index in [4.69, 9.17) is 5.73 Å². The Balaban J connectivity index is 2.27. The van der Waals surface area contributed by atoms with Gasteiger partial charge in [-0.25, -0.2) is 0 Å². The van der Waals surface area contributed by atoms with Crippen molar-refractivity contribution < 1.29 is 4.79 Å². The number of nitrogen functional groups attached to an aromatic ring is 1. The minimum atomic E-state index is 0.104. The van der Waals surface area contributed by atoms with Gasteiger partial charge in [-0.1, -0.05) is 38.8 Å². The van der Waals surface area contributed by atoms with Gasteiger partial charge in [-0.2, -0.15) is 0 Å². The van der Waals surface area contributed by atoms with Crippen LogP contribution in [0.4, 0.5) is 5.69 Å². The van der Waals surface area contributed by atoms with Crippen LogP contribution in [0.15, 0.2) is 18.2 Å². The first-order chi connectivity index (χ1) is 9.50. The third-order valence-electron chi connectivity index (χ3n) is 4.14. The number of benzene rings is 1. The number of rotatable bonds is 4. The lowest BCUT2D eigenvalue weighted by molar-refractivity contribution is 0.0656. The molecule has 110 valence electrons. The standard InChI is InChI=1S/C17H26N2O/c1-12(2)11-19(14-8-4-5-9-14)17(20)15-10-6-7-13(3)16(15)18/h6-7,10,12,14H,4-5,8-9,11,18H2,1-3H3. The van der Waals surface area contributed by atoms with E-state index in [-0.39, 0.29) is 5.91 Å². The molecule has 0 saturated heterocycles. The van der Waals surface area contributed by atoms with E-state index < -0.39 is 0 Å². The molecule has 0 aromatic heterocycles. The molecular weight excluding hydrogens is 248 g/mol. The molecule has 3 nitrogen and oxygen atoms in total. The number of nitrogens with zero attached hydrogens (tertiary/aromatic N) is 1. The summed E-state index contributed by atoms with van der Waals surface area (Å²) in [5, 5.41) is 0. The van der Waals surface area contributed by atoms with E-state index in [1.165, 1.54) is 12.8 Å². The number of carbonyl (C=O) groups excluding carboxylic acids is 1. The highest BCUT2D eigenvalue weighted by Gasteiger charge is 2.28. The highest BCUT2D eigenvalue weighted by molar-refractivity contribution is 5.99. The van der Waals surface area contributed by atoms with Gasteiger partial charge in [-0.05, 0) is 37.3 Å². The SMILES string of the molecule is Cc1cccc(C(=O)N(CC(C)C)C2CCCC2)c1N. The third-order valence-corrected chi connectivity index (χ3v) is 4.14. The van der Waals surface area contributed by atoms with Gasteiger partial charge in [0.05, 0.1) is 5.56 Å². The Kier molecular flexibility index (Phi) is 4.69. The molecule has 0 bridgehead atoms. The van der Waals surface area contributed by atoms with Crippen molar-refractivity contribution in [1.82, 2.24) is 4.90 Å². The van der Waals surface area contributed by atoms with Crippen LogP contribution in [0.25, 0.3) is 0 Å².